The topological polar surface area (TPSA) is 212 Å². The molecule has 19 heteroatoms. The summed E-state index contributed by atoms with van der Waals surface area (Å²) in [7, 11) is 5.90. The molecule has 6 atom stereocenters. The number of imide groups is 2. The zero-order valence-corrected chi connectivity index (χ0v) is 35.7. The van der Waals surface area contributed by atoms with Crippen molar-refractivity contribution in [2.24, 2.45) is 36.1 Å². The number of phenolic OH excluding ortho intramolecular Hbond substituents is 1. The molecule has 17 nitrogen and oxygen atoms in total. The van der Waals surface area contributed by atoms with Crippen molar-refractivity contribution in [2.45, 2.75) is 32.6 Å². The van der Waals surface area contributed by atoms with E-state index in [1.807, 2.05) is 19.1 Å². The predicted molar refractivity (Wildman–Crippen MR) is 230 cm³/mol. The minimum atomic E-state index is -1.53. The van der Waals surface area contributed by atoms with Crippen LogP contribution in [0.3, 0.4) is 0 Å². The van der Waals surface area contributed by atoms with Gasteiger partial charge in [0.05, 0.1) is 50.7 Å². The Morgan fingerprint density at radius 1 is 0.952 bits per heavy atom. The van der Waals surface area contributed by atoms with Crippen LogP contribution in [0.1, 0.15) is 36.8 Å². The summed E-state index contributed by atoms with van der Waals surface area (Å²) in [5.74, 6) is -7.17. The summed E-state index contributed by atoms with van der Waals surface area (Å²) in [6.07, 6.45) is 1.75. The number of thiophene rings is 1. The molecule has 9 rings (SSSR count). The van der Waals surface area contributed by atoms with Crippen LogP contribution in [-0.2, 0) is 26.2 Å². The number of nitrogens with zero attached hydrogens (tertiary/aromatic N) is 7. The average molecular weight is 880 g/mol. The summed E-state index contributed by atoms with van der Waals surface area (Å²) in [5, 5.41) is 42.3. The minimum absolute atomic E-state index is 0.0101. The van der Waals surface area contributed by atoms with Gasteiger partial charge in [0.25, 0.3) is 0 Å². The van der Waals surface area contributed by atoms with Gasteiger partial charge in [-0.1, -0.05) is 23.3 Å². The van der Waals surface area contributed by atoms with E-state index < -0.39 is 79.9 Å². The van der Waals surface area contributed by atoms with E-state index in [0.29, 0.717) is 22.0 Å². The van der Waals surface area contributed by atoms with Crippen LogP contribution < -0.4 is 19.4 Å². The number of hydrogen-bond acceptors (Lipinski definition) is 13. The van der Waals surface area contributed by atoms with Crippen LogP contribution in [0.5, 0.6) is 11.5 Å². The van der Waals surface area contributed by atoms with E-state index in [2.05, 4.69) is 0 Å². The number of rotatable bonds is 8. The number of halogens is 1. The molecular weight excluding hydrogens is 842 g/mol. The highest BCUT2D eigenvalue weighted by atomic mass is 35.5. The van der Waals surface area contributed by atoms with Crippen molar-refractivity contribution in [3.8, 4) is 22.1 Å². The predicted octanol–water partition coefficient (Wildman–Crippen LogP) is 7.30. The summed E-state index contributed by atoms with van der Waals surface area (Å²) in [5.41, 5.74) is -1.21. The number of phenols is 1. The number of nitro benzene ring substituents is 2. The smallest absolute Gasteiger partial charge is 0.301 e. The Morgan fingerprint density at radius 2 is 1.65 bits per heavy atom. The number of ether oxygens (including phenoxy) is 1. The lowest BCUT2D eigenvalue weighted by Gasteiger charge is -2.49. The van der Waals surface area contributed by atoms with E-state index in [-0.39, 0.29) is 41.3 Å². The van der Waals surface area contributed by atoms with Crippen molar-refractivity contribution in [1.82, 2.24) is 9.78 Å². The Kier molecular flexibility index (Phi) is 9.33. The van der Waals surface area contributed by atoms with Gasteiger partial charge in [-0.05, 0) is 80.0 Å². The molecule has 1 saturated carbocycles. The summed E-state index contributed by atoms with van der Waals surface area (Å²) in [6, 6.07) is 13.8. The SMILES string of the molecule is COc1ccc(O)c(C2C3=CCC4C(=O)N(c5cc([N+](=O)[O-])c(N(C)C)c([N+](=O)[O-])c5)C(=O)C4C3CC3C(=O)N(c4cc(-c5sc6ccc(Cl)cc6c5C)nn4C)C(=O)C32C)c1. The van der Waals surface area contributed by atoms with Crippen molar-refractivity contribution >= 4 is 85.2 Å². The monoisotopic (exact) mass is 879 g/mol. The molecule has 0 spiro atoms. The molecule has 2 saturated heterocycles. The maximum absolute atomic E-state index is 15.2. The Bertz CT molecular complexity index is 2870. The molecule has 2 aromatic heterocycles. The van der Waals surface area contributed by atoms with E-state index in [9.17, 15) is 34.9 Å². The quantitative estimate of drug-likeness (QED) is 0.0704. The lowest BCUT2D eigenvalue weighted by atomic mass is 9.51. The number of aromatic hydroxyl groups is 1. The lowest BCUT2D eigenvalue weighted by molar-refractivity contribution is -0.392. The maximum atomic E-state index is 15.2. The van der Waals surface area contributed by atoms with Gasteiger partial charge < -0.3 is 14.7 Å². The van der Waals surface area contributed by atoms with Crippen LogP contribution in [0.25, 0.3) is 20.7 Å². The molecule has 1 N–H and O–H groups in total. The molecule has 3 aromatic carbocycles. The molecule has 0 bridgehead atoms. The van der Waals surface area contributed by atoms with Crippen LogP contribution in [0.2, 0.25) is 5.02 Å². The van der Waals surface area contributed by atoms with Crippen LogP contribution >= 0.6 is 22.9 Å². The van der Waals surface area contributed by atoms with Gasteiger partial charge in [-0.25, -0.2) is 9.80 Å². The fraction of sp³-hybridized carbons (Fsp3) is 0.326. The molecule has 4 heterocycles. The molecule has 3 fully saturated rings. The van der Waals surface area contributed by atoms with Gasteiger partial charge in [-0.3, -0.25) is 44.1 Å². The fourth-order valence-corrected chi connectivity index (χ4v) is 11.7. The highest BCUT2D eigenvalue weighted by Crippen LogP contribution is 2.65. The number of allylic oxidation sites excluding steroid dienone is 2. The van der Waals surface area contributed by atoms with E-state index in [0.717, 1.165) is 42.5 Å². The van der Waals surface area contributed by atoms with Gasteiger partial charge in [0, 0.05) is 60.5 Å². The molecule has 0 radical (unpaired) electrons. The van der Waals surface area contributed by atoms with Crippen molar-refractivity contribution in [1.29, 1.82) is 0 Å². The lowest BCUT2D eigenvalue weighted by Crippen LogP contribution is -2.49. The van der Waals surface area contributed by atoms with E-state index in [1.165, 1.54) is 48.2 Å². The second-order valence-electron chi connectivity index (χ2n) is 16.5. The average Bonchev–Trinajstić information content (AvgIpc) is 3.90. The number of carbonyl (C=O) groups excluding carboxylic acids is 4. The summed E-state index contributed by atoms with van der Waals surface area (Å²) < 4.78 is 8.00. The zero-order chi connectivity index (χ0) is 44.4. The number of nitro groups is 2. The number of anilines is 3. The molecular formula is C43H38ClN7O10S. The summed E-state index contributed by atoms with van der Waals surface area (Å²) in [6.45, 7) is 3.63. The highest BCUT2D eigenvalue weighted by Gasteiger charge is 2.68. The van der Waals surface area contributed by atoms with Gasteiger partial charge in [0.2, 0.25) is 23.6 Å². The maximum Gasteiger partial charge on any atom is 0.301 e. The second-order valence-corrected chi connectivity index (χ2v) is 18.0. The first-order valence-electron chi connectivity index (χ1n) is 19.6. The number of benzene rings is 3. The molecule has 2 aliphatic carbocycles. The first kappa shape index (κ1) is 40.7. The van der Waals surface area contributed by atoms with Crippen molar-refractivity contribution in [3.63, 3.8) is 0 Å². The van der Waals surface area contributed by atoms with E-state index in [4.69, 9.17) is 21.4 Å². The third kappa shape index (κ3) is 5.68. The fourth-order valence-electron chi connectivity index (χ4n) is 10.4. The van der Waals surface area contributed by atoms with Gasteiger partial charge in [0.15, 0.2) is 5.69 Å². The number of carbonyl (C=O) groups is 4. The molecule has 62 heavy (non-hydrogen) atoms. The standard InChI is InChI=1S/C43H38ClN7O10S/c1-19-25-13-20(44)7-12-33(25)62-38(19)29-18-34(47(5)45-29)49-40(54)28-17-26-23(36(43(28,2)42(49)56)27-16-22(61-6)8-11-32(27)52)9-10-24-35(26)41(55)48(39(24)53)21-14-30(50(57)58)37(46(3)4)31(15-21)51(59)60/h7-9,11-16,18,24,26,28,35-36,52H,10,17H2,1-6H3. The molecule has 4 amide bonds. The Labute approximate surface area is 362 Å². The first-order valence-corrected chi connectivity index (χ1v) is 20.8. The van der Waals surface area contributed by atoms with Crippen LogP contribution in [-0.4, -0.2) is 69.6 Å². The number of fused-ring (bicyclic) bond motifs is 5. The highest BCUT2D eigenvalue weighted by molar-refractivity contribution is 7.22. The van der Waals surface area contributed by atoms with Gasteiger partial charge in [-0.2, -0.15) is 5.10 Å². The Morgan fingerprint density at radius 3 is 2.29 bits per heavy atom. The number of aromatic nitrogens is 2. The van der Waals surface area contributed by atoms with Crippen molar-refractivity contribution in [2.75, 3.05) is 35.9 Å². The third-order valence-corrected chi connectivity index (χ3v) is 14.7. The minimum Gasteiger partial charge on any atom is -0.508 e. The largest absolute Gasteiger partial charge is 0.508 e. The van der Waals surface area contributed by atoms with Crippen LogP contribution in [0, 0.1) is 56.2 Å². The summed E-state index contributed by atoms with van der Waals surface area (Å²) in [4.78, 5) is 86.2. The van der Waals surface area contributed by atoms with Gasteiger partial charge >= 0.3 is 11.4 Å². The number of methoxy groups -OCH3 is 1. The first-order chi connectivity index (χ1) is 29.4. The number of hydrogen-bond donors (Lipinski definition) is 1. The van der Waals surface area contributed by atoms with Crippen LogP contribution in [0.4, 0.5) is 28.6 Å². The van der Waals surface area contributed by atoms with Crippen molar-refractivity contribution in [3.05, 3.63) is 103 Å². The molecule has 318 valence electrons. The van der Waals surface area contributed by atoms with Gasteiger partial charge in [-0.15, -0.1) is 11.3 Å². The second kappa shape index (κ2) is 14.2. The molecule has 5 aromatic rings. The molecule has 2 aliphatic heterocycles. The van der Waals surface area contributed by atoms with E-state index >= 15 is 9.59 Å². The van der Waals surface area contributed by atoms with Crippen molar-refractivity contribution < 1.29 is 38.9 Å². The molecule has 6 unspecified atom stereocenters. The molecule has 4 aliphatic rings. The van der Waals surface area contributed by atoms with Crippen LogP contribution in [0.15, 0.2) is 66.2 Å². The summed E-state index contributed by atoms with van der Waals surface area (Å²) >= 11 is 7.81. The number of amides is 4. The normalized spacial score (nSPS) is 24.3. The zero-order valence-electron chi connectivity index (χ0n) is 34.1. The Balaban J connectivity index is 1.16. The van der Waals surface area contributed by atoms with E-state index in [1.54, 1.807) is 44.3 Å². The van der Waals surface area contributed by atoms with Gasteiger partial charge in [0.1, 0.15) is 23.0 Å². The third-order valence-electron chi connectivity index (χ3n) is 13.2. The Hall–Kier alpha value is -6.66. The number of aryl methyl sites for hydroxylation is 2.